The molecule has 1 saturated heterocycles. The maximum absolute atomic E-state index is 11.7. The average molecular weight is 274 g/mol. The topological polar surface area (TPSA) is 41.6 Å². The molecule has 1 aliphatic heterocycles. The number of nitrogens with zero attached hydrogens (tertiary/aromatic N) is 1. The fourth-order valence-electron chi connectivity index (χ4n) is 2.70. The first-order valence-corrected chi connectivity index (χ1v) is 7.45. The molecule has 4 nitrogen and oxygen atoms in total. The number of carbonyl (C=O) groups is 1. The second-order valence-corrected chi connectivity index (χ2v) is 5.73. The van der Waals surface area contributed by atoms with Crippen LogP contribution in [-0.2, 0) is 9.53 Å². The summed E-state index contributed by atoms with van der Waals surface area (Å²) in [4.78, 5) is 14.1. The van der Waals surface area contributed by atoms with Gasteiger partial charge in [0.2, 0.25) is 5.91 Å². The van der Waals surface area contributed by atoms with E-state index in [1.807, 2.05) is 12.1 Å². The lowest BCUT2D eigenvalue weighted by Crippen LogP contribution is -2.36. The van der Waals surface area contributed by atoms with Crippen molar-refractivity contribution in [2.24, 2.45) is 5.92 Å². The summed E-state index contributed by atoms with van der Waals surface area (Å²) in [6.45, 7) is 2.07. The van der Waals surface area contributed by atoms with Crippen molar-refractivity contribution in [3.63, 3.8) is 0 Å². The van der Waals surface area contributed by atoms with Crippen LogP contribution in [0.15, 0.2) is 24.3 Å². The zero-order chi connectivity index (χ0) is 13.9. The Morgan fingerprint density at radius 1 is 1.15 bits per heavy atom. The highest BCUT2D eigenvalue weighted by Gasteiger charge is 2.29. The Bertz CT molecular complexity index is 460. The van der Waals surface area contributed by atoms with Gasteiger partial charge in [-0.25, -0.2) is 0 Å². The summed E-state index contributed by atoms with van der Waals surface area (Å²) < 4.78 is 5.39. The molecule has 0 spiro atoms. The molecule has 0 aromatic heterocycles. The fourth-order valence-corrected chi connectivity index (χ4v) is 2.70. The fraction of sp³-hybridized carbons (Fsp3) is 0.562. The van der Waals surface area contributed by atoms with Gasteiger partial charge < -0.3 is 15.0 Å². The second kappa shape index (κ2) is 5.83. The van der Waals surface area contributed by atoms with Crippen LogP contribution in [0, 0.1) is 5.92 Å². The summed E-state index contributed by atoms with van der Waals surface area (Å²) in [7, 11) is 1.79. The van der Waals surface area contributed by atoms with Gasteiger partial charge >= 0.3 is 0 Å². The number of rotatable bonds is 4. The largest absolute Gasteiger partial charge is 0.381 e. The molecule has 3 rings (SSSR count). The molecule has 0 radical (unpaired) electrons. The number of ether oxygens (including phenoxy) is 1. The monoisotopic (exact) mass is 274 g/mol. The van der Waals surface area contributed by atoms with Gasteiger partial charge in [0.1, 0.15) is 0 Å². The lowest BCUT2D eigenvalue weighted by atomic mass is 10.1. The molecule has 1 saturated carbocycles. The minimum Gasteiger partial charge on any atom is -0.381 e. The lowest BCUT2D eigenvalue weighted by molar-refractivity contribution is -0.117. The molecule has 1 N–H and O–H groups in total. The van der Waals surface area contributed by atoms with Crippen LogP contribution in [-0.4, -0.2) is 32.2 Å². The third-order valence-corrected chi connectivity index (χ3v) is 4.22. The summed E-state index contributed by atoms with van der Waals surface area (Å²) in [5.74, 6) is 0.418. The first kappa shape index (κ1) is 13.4. The molecule has 20 heavy (non-hydrogen) atoms. The Balaban J connectivity index is 1.57. The van der Waals surface area contributed by atoms with Crippen LogP contribution in [0.2, 0.25) is 0 Å². The minimum atomic E-state index is 0.165. The predicted molar refractivity (Wildman–Crippen MR) is 80.0 cm³/mol. The Kier molecular flexibility index (Phi) is 3.92. The van der Waals surface area contributed by atoms with Gasteiger partial charge in [-0.05, 0) is 49.9 Å². The quantitative estimate of drug-likeness (QED) is 0.917. The summed E-state index contributed by atoms with van der Waals surface area (Å²) >= 11 is 0. The Morgan fingerprint density at radius 2 is 1.80 bits per heavy atom. The molecule has 1 aromatic rings. The van der Waals surface area contributed by atoms with Gasteiger partial charge in [-0.15, -0.1) is 0 Å². The van der Waals surface area contributed by atoms with Gasteiger partial charge in [-0.1, -0.05) is 0 Å². The molecule has 1 aliphatic carbocycles. The van der Waals surface area contributed by atoms with E-state index in [1.165, 1.54) is 5.69 Å². The third-order valence-electron chi connectivity index (χ3n) is 4.22. The SMILES string of the molecule is COC1CCN(c2ccc(NC(=O)C3CC3)cc2)CC1. The zero-order valence-electron chi connectivity index (χ0n) is 12.0. The number of carbonyl (C=O) groups excluding carboxylic acids is 1. The number of methoxy groups -OCH3 is 1. The second-order valence-electron chi connectivity index (χ2n) is 5.73. The molecule has 1 aromatic carbocycles. The van der Waals surface area contributed by atoms with Crippen molar-refractivity contribution >= 4 is 17.3 Å². The third kappa shape index (κ3) is 3.12. The van der Waals surface area contributed by atoms with Gasteiger partial charge in [0.15, 0.2) is 0 Å². The number of nitrogens with one attached hydrogen (secondary N) is 1. The number of piperidine rings is 1. The van der Waals surface area contributed by atoms with Gasteiger partial charge in [-0.2, -0.15) is 0 Å². The van der Waals surface area contributed by atoms with E-state index >= 15 is 0 Å². The predicted octanol–water partition coefficient (Wildman–Crippen LogP) is 2.65. The smallest absolute Gasteiger partial charge is 0.227 e. The van der Waals surface area contributed by atoms with Crippen molar-refractivity contribution in [1.29, 1.82) is 0 Å². The van der Waals surface area contributed by atoms with Crippen molar-refractivity contribution < 1.29 is 9.53 Å². The number of benzene rings is 1. The standard InChI is InChI=1S/C16H22N2O2/c1-20-15-8-10-18(11-9-15)14-6-4-13(5-7-14)17-16(19)12-2-3-12/h4-7,12,15H,2-3,8-11H2,1H3,(H,17,19). The van der Waals surface area contributed by atoms with Gasteiger partial charge in [0.05, 0.1) is 6.10 Å². The molecule has 1 heterocycles. The van der Waals surface area contributed by atoms with E-state index in [9.17, 15) is 4.79 Å². The molecule has 0 atom stereocenters. The van der Waals surface area contributed by atoms with Crippen LogP contribution in [0.5, 0.6) is 0 Å². The highest BCUT2D eigenvalue weighted by molar-refractivity contribution is 5.94. The lowest BCUT2D eigenvalue weighted by Gasteiger charge is -2.33. The molecule has 2 fully saturated rings. The van der Waals surface area contributed by atoms with E-state index in [0.717, 1.165) is 44.5 Å². The van der Waals surface area contributed by atoms with E-state index in [-0.39, 0.29) is 11.8 Å². The zero-order valence-corrected chi connectivity index (χ0v) is 12.0. The molecule has 2 aliphatic rings. The maximum Gasteiger partial charge on any atom is 0.227 e. The van der Waals surface area contributed by atoms with Crippen LogP contribution >= 0.6 is 0 Å². The molecule has 1 amide bonds. The van der Waals surface area contributed by atoms with Crippen LogP contribution in [0.4, 0.5) is 11.4 Å². The molecule has 108 valence electrons. The average Bonchev–Trinajstić information content (AvgIpc) is 3.33. The molecular weight excluding hydrogens is 252 g/mol. The van der Waals surface area contributed by atoms with E-state index in [1.54, 1.807) is 7.11 Å². The number of hydrogen-bond acceptors (Lipinski definition) is 3. The Morgan fingerprint density at radius 3 is 2.35 bits per heavy atom. The van der Waals surface area contributed by atoms with Crippen LogP contribution in [0.1, 0.15) is 25.7 Å². The highest BCUT2D eigenvalue weighted by atomic mass is 16.5. The number of amides is 1. The van der Waals surface area contributed by atoms with E-state index in [0.29, 0.717) is 6.10 Å². The van der Waals surface area contributed by atoms with Crippen LogP contribution in [0.25, 0.3) is 0 Å². The minimum absolute atomic E-state index is 0.165. The van der Waals surface area contributed by atoms with Crippen LogP contribution < -0.4 is 10.2 Å². The van der Waals surface area contributed by atoms with Crippen molar-refractivity contribution in [1.82, 2.24) is 0 Å². The van der Waals surface area contributed by atoms with E-state index in [4.69, 9.17) is 4.74 Å². The number of hydrogen-bond donors (Lipinski definition) is 1. The summed E-state index contributed by atoms with van der Waals surface area (Å²) in [5, 5.41) is 2.97. The van der Waals surface area contributed by atoms with E-state index < -0.39 is 0 Å². The Hall–Kier alpha value is -1.55. The van der Waals surface area contributed by atoms with Crippen molar-refractivity contribution in [3.8, 4) is 0 Å². The highest BCUT2D eigenvalue weighted by Crippen LogP contribution is 2.30. The van der Waals surface area contributed by atoms with Crippen molar-refractivity contribution in [2.75, 3.05) is 30.4 Å². The van der Waals surface area contributed by atoms with Crippen molar-refractivity contribution in [2.45, 2.75) is 31.8 Å². The summed E-state index contributed by atoms with van der Waals surface area (Å²) in [5.41, 5.74) is 2.13. The first-order valence-electron chi connectivity index (χ1n) is 7.45. The molecule has 0 unspecified atom stereocenters. The van der Waals surface area contributed by atoms with Crippen LogP contribution in [0.3, 0.4) is 0 Å². The maximum atomic E-state index is 11.7. The summed E-state index contributed by atoms with van der Waals surface area (Å²) in [6, 6.07) is 8.18. The van der Waals surface area contributed by atoms with E-state index in [2.05, 4.69) is 22.3 Å². The molecule has 0 bridgehead atoms. The van der Waals surface area contributed by atoms with Crippen molar-refractivity contribution in [3.05, 3.63) is 24.3 Å². The molecular formula is C16H22N2O2. The van der Waals surface area contributed by atoms with Gasteiger partial charge in [0, 0.05) is 37.5 Å². The molecule has 4 heteroatoms. The summed E-state index contributed by atoms with van der Waals surface area (Å²) in [6.07, 6.45) is 4.65. The number of anilines is 2. The normalized spacial score (nSPS) is 19.9. The first-order chi connectivity index (χ1) is 9.76. The van der Waals surface area contributed by atoms with Gasteiger partial charge in [-0.3, -0.25) is 4.79 Å². The Labute approximate surface area is 120 Å². The van der Waals surface area contributed by atoms with Gasteiger partial charge in [0.25, 0.3) is 0 Å².